The molecule has 1 aliphatic carbocycles. The lowest BCUT2D eigenvalue weighted by Gasteiger charge is -2.28. The van der Waals surface area contributed by atoms with Gasteiger partial charge in [-0.3, -0.25) is 14.4 Å². The number of hydrogen-bond acceptors (Lipinski definition) is 8. The number of ether oxygens (including phenoxy) is 2. The monoisotopic (exact) mass is 656 g/mol. The van der Waals surface area contributed by atoms with Crippen molar-refractivity contribution < 1.29 is 23.9 Å². The second-order valence-corrected chi connectivity index (χ2v) is 11.3. The van der Waals surface area contributed by atoms with E-state index in [0.717, 1.165) is 19.4 Å². The predicted octanol–water partition coefficient (Wildman–Crippen LogP) is 3.45. The van der Waals surface area contributed by atoms with Gasteiger partial charge >= 0.3 is 0 Å². The first-order chi connectivity index (χ1) is 20.7. The van der Waals surface area contributed by atoms with Crippen LogP contribution in [0.25, 0.3) is 11.1 Å². The molecule has 0 bridgehead atoms. The average molecular weight is 658 g/mol. The molecule has 1 fully saturated rings. The van der Waals surface area contributed by atoms with Crippen LogP contribution in [0.15, 0.2) is 24.3 Å². The Morgan fingerprint density at radius 2 is 1.60 bits per heavy atom. The Hall–Kier alpha value is -2.67. The number of amides is 3. The molecule has 0 aliphatic heterocycles. The van der Waals surface area contributed by atoms with Gasteiger partial charge in [-0.1, -0.05) is 34.8 Å². The number of nitrogens with one attached hydrogen (secondary N) is 4. The van der Waals surface area contributed by atoms with Crippen molar-refractivity contribution in [1.82, 2.24) is 26.3 Å². The van der Waals surface area contributed by atoms with Crippen LogP contribution in [-0.4, -0.2) is 81.9 Å². The van der Waals surface area contributed by atoms with Crippen molar-refractivity contribution in [2.24, 2.45) is 5.92 Å². The molecule has 1 aromatic carbocycles. The summed E-state index contributed by atoms with van der Waals surface area (Å²) in [7, 11) is 1.86. The van der Waals surface area contributed by atoms with Gasteiger partial charge in [-0.25, -0.2) is 4.98 Å². The van der Waals surface area contributed by atoms with Crippen LogP contribution in [0.3, 0.4) is 0 Å². The average Bonchev–Trinajstić information content (AvgIpc) is 2.98. The van der Waals surface area contributed by atoms with Crippen molar-refractivity contribution in [2.45, 2.75) is 38.1 Å². The molecular weight excluding hydrogens is 619 g/mol. The summed E-state index contributed by atoms with van der Waals surface area (Å²) in [6.45, 7) is 3.20. The summed E-state index contributed by atoms with van der Waals surface area (Å²) in [5.41, 5.74) is 7.23. The number of pyridine rings is 1. The molecule has 0 radical (unpaired) electrons. The summed E-state index contributed by atoms with van der Waals surface area (Å²) in [6.07, 6.45) is 3.12. The van der Waals surface area contributed by atoms with E-state index in [2.05, 4.69) is 26.3 Å². The smallest absolute Gasteiger partial charge is 0.270 e. The van der Waals surface area contributed by atoms with Crippen molar-refractivity contribution in [1.29, 1.82) is 0 Å². The lowest BCUT2D eigenvalue weighted by atomic mass is 9.85. The summed E-state index contributed by atoms with van der Waals surface area (Å²) in [4.78, 5) is 41.6. The number of aromatic nitrogens is 1. The summed E-state index contributed by atoms with van der Waals surface area (Å²) in [6, 6.07) is 6.35. The van der Waals surface area contributed by atoms with Crippen molar-refractivity contribution >= 4 is 58.3 Å². The Balaban J connectivity index is 1.31. The maximum atomic E-state index is 12.6. The fraction of sp³-hybridized carbons (Fsp3) is 0.517. The van der Waals surface area contributed by atoms with Gasteiger partial charge in [0.15, 0.2) is 0 Å². The van der Waals surface area contributed by atoms with E-state index in [-0.39, 0.29) is 58.4 Å². The van der Waals surface area contributed by atoms with Crippen LogP contribution in [0.2, 0.25) is 15.1 Å². The van der Waals surface area contributed by atoms with Gasteiger partial charge in [0.1, 0.15) is 11.5 Å². The highest BCUT2D eigenvalue weighted by Crippen LogP contribution is 2.38. The minimum atomic E-state index is -0.428. The van der Waals surface area contributed by atoms with E-state index in [0.29, 0.717) is 61.8 Å². The zero-order valence-corrected chi connectivity index (χ0v) is 26.4. The van der Waals surface area contributed by atoms with E-state index in [4.69, 9.17) is 50.0 Å². The van der Waals surface area contributed by atoms with Crippen molar-refractivity contribution in [3.63, 3.8) is 0 Å². The highest BCUT2D eigenvalue weighted by molar-refractivity contribution is 6.45. The van der Waals surface area contributed by atoms with Crippen molar-refractivity contribution in [3.05, 3.63) is 45.0 Å². The quantitative estimate of drug-likeness (QED) is 0.136. The number of nitrogens with zero attached hydrogens (tertiary/aromatic N) is 1. The summed E-state index contributed by atoms with van der Waals surface area (Å²) in [5, 5.41) is 12.6. The number of halogens is 3. The Labute approximate surface area is 266 Å². The molecule has 0 atom stereocenters. The fourth-order valence-electron chi connectivity index (χ4n) is 4.64. The molecule has 0 saturated heterocycles. The molecule has 3 amide bonds. The summed E-state index contributed by atoms with van der Waals surface area (Å²) < 4.78 is 10.8. The van der Waals surface area contributed by atoms with Crippen molar-refractivity contribution in [3.8, 4) is 11.1 Å². The molecule has 3 rings (SSSR count). The third-order valence-corrected chi connectivity index (χ3v) is 7.98. The minimum absolute atomic E-state index is 0.0525. The molecule has 6 N–H and O–H groups in total. The van der Waals surface area contributed by atoms with Gasteiger partial charge in [0, 0.05) is 54.2 Å². The van der Waals surface area contributed by atoms with Gasteiger partial charge in [-0.2, -0.15) is 0 Å². The van der Waals surface area contributed by atoms with E-state index in [9.17, 15) is 14.4 Å². The molecule has 14 heteroatoms. The molecule has 1 saturated carbocycles. The molecule has 2 aromatic rings. The van der Waals surface area contributed by atoms with E-state index in [1.165, 1.54) is 12.1 Å². The first-order valence-electron chi connectivity index (χ1n) is 14.3. The van der Waals surface area contributed by atoms with Crippen LogP contribution in [0.4, 0.5) is 5.82 Å². The topological polar surface area (TPSA) is 157 Å². The SMILES string of the molecule is CNCCOCCOCCC(=O)NC1CCC(C(=O)NCCNC(=O)c2ccc(-c3cc(Cl)cc(Cl)c3Cl)c(N)n2)CC1. The molecule has 1 aliphatic rings. The molecule has 1 heterocycles. The third-order valence-electron chi connectivity index (χ3n) is 6.96. The van der Waals surface area contributed by atoms with Gasteiger partial charge in [-0.15, -0.1) is 0 Å². The number of nitrogens with two attached hydrogens (primary N) is 1. The minimum Gasteiger partial charge on any atom is -0.383 e. The molecule has 43 heavy (non-hydrogen) atoms. The van der Waals surface area contributed by atoms with Crippen molar-refractivity contribution in [2.75, 3.05) is 58.8 Å². The van der Waals surface area contributed by atoms with E-state index in [1.54, 1.807) is 12.1 Å². The zero-order chi connectivity index (χ0) is 31.2. The van der Waals surface area contributed by atoms with Gasteiger partial charge < -0.3 is 36.5 Å². The first kappa shape index (κ1) is 34.8. The number of benzene rings is 1. The number of carbonyl (C=O) groups is 3. The van der Waals surface area contributed by atoms with Crippen LogP contribution in [0.1, 0.15) is 42.6 Å². The van der Waals surface area contributed by atoms with Crippen LogP contribution in [-0.2, 0) is 19.1 Å². The van der Waals surface area contributed by atoms with Crippen LogP contribution < -0.4 is 27.0 Å². The van der Waals surface area contributed by atoms with Crippen LogP contribution >= 0.6 is 34.8 Å². The van der Waals surface area contributed by atoms with Gasteiger partial charge in [0.2, 0.25) is 11.8 Å². The third kappa shape index (κ3) is 11.4. The number of anilines is 1. The van der Waals surface area contributed by atoms with E-state index >= 15 is 0 Å². The lowest BCUT2D eigenvalue weighted by molar-refractivity contribution is -0.126. The highest BCUT2D eigenvalue weighted by atomic mass is 35.5. The number of rotatable bonds is 16. The van der Waals surface area contributed by atoms with E-state index < -0.39 is 5.91 Å². The maximum Gasteiger partial charge on any atom is 0.270 e. The van der Waals surface area contributed by atoms with Crippen LogP contribution in [0.5, 0.6) is 0 Å². The largest absolute Gasteiger partial charge is 0.383 e. The standard InChI is InChI=1S/C29H39Cl3N6O5/c1-34-11-13-43-15-14-42-12-8-25(39)37-20-4-2-18(3-5-20)28(40)35-9-10-36-29(41)24-7-6-21(27(33)38-24)22-16-19(30)17-23(31)26(22)32/h6-7,16-18,20,34H,2-5,8-15H2,1H3,(H2,33,38)(H,35,40)(H,36,41)(H,37,39). The molecule has 1 aromatic heterocycles. The van der Waals surface area contributed by atoms with Gasteiger partial charge in [0.25, 0.3) is 5.91 Å². The molecule has 11 nitrogen and oxygen atoms in total. The zero-order valence-electron chi connectivity index (χ0n) is 24.1. The van der Waals surface area contributed by atoms with Gasteiger partial charge in [0.05, 0.1) is 36.5 Å². The predicted molar refractivity (Wildman–Crippen MR) is 169 cm³/mol. The summed E-state index contributed by atoms with van der Waals surface area (Å²) >= 11 is 18.5. The Morgan fingerprint density at radius 1 is 0.907 bits per heavy atom. The Morgan fingerprint density at radius 3 is 2.30 bits per heavy atom. The molecule has 0 spiro atoms. The number of nitrogen functional groups attached to an aromatic ring is 1. The van der Waals surface area contributed by atoms with Crippen LogP contribution in [0, 0.1) is 5.92 Å². The second kappa shape index (κ2) is 18.2. The van der Waals surface area contributed by atoms with E-state index in [1.807, 2.05) is 7.05 Å². The number of carbonyl (C=O) groups excluding carboxylic acids is 3. The Bertz CT molecular complexity index is 1240. The highest BCUT2D eigenvalue weighted by Gasteiger charge is 2.27. The lowest BCUT2D eigenvalue weighted by Crippen LogP contribution is -2.42. The number of likely N-dealkylation sites (N-methyl/N-ethyl adjacent to an activating group) is 1. The van der Waals surface area contributed by atoms with Gasteiger partial charge in [-0.05, 0) is 57.0 Å². The fourth-order valence-corrected chi connectivity index (χ4v) is 5.34. The molecule has 0 unspecified atom stereocenters. The number of hydrogen-bond donors (Lipinski definition) is 5. The Kier molecular flexibility index (Phi) is 14.7. The normalized spacial score (nSPS) is 16.5. The molecule has 236 valence electrons. The molecular formula is C29H39Cl3N6O5. The maximum absolute atomic E-state index is 12.6. The second-order valence-electron chi connectivity index (χ2n) is 10.1. The first-order valence-corrected chi connectivity index (χ1v) is 15.4. The summed E-state index contributed by atoms with van der Waals surface area (Å²) in [5.74, 6) is -0.572.